The zero-order valence-electron chi connectivity index (χ0n) is 51.7. The lowest BCUT2D eigenvalue weighted by Crippen LogP contribution is -1.85. The van der Waals surface area contributed by atoms with E-state index in [2.05, 4.69) is 20.8 Å². The Hall–Kier alpha value is -0.120. The molecule has 3 heteroatoms. The van der Waals surface area contributed by atoms with Crippen LogP contribution in [0.3, 0.4) is 0 Å². The highest BCUT2D eigenvalue weighted by molar-refractivity contribution is 4.55. The third-order valence-corrected chi connectivity index (χ3v) is 16.0. The van der Waals surface area contributed by atoms with E-state index in [-0.39, 0.29) is 0 Å². The molecule has 0 aromatic rings. The summed E-state index contributed by atoms with van der Waals surface area (Å²) in [6.45, 7) is 8.01. The molecule has 0 aliphatic heterocycles. The Morgan fingerprint density at radius 3 is 0.247 bits per heavy atom. The molecule has 0 radical (unpaired) electrons. The van der Waals surface area contributed by atoms with Gasteiger partial charge in [-0.3, -0.25) is 0 Å². The summed E-state index contributed by atoms with van der Waals surface area (Å²) in [4.78, 5) is 0. The first kappa shape index (κ1) is 77.1. The number of hydrogen-bond acceptors (Lipinski definition) is 3. The second kappa shape index (κ2) is 80.7. The summed E-state index contributed by atoms with van der Waals surface area (Å²) in [6, 6.07) is 0. The molecule has 0 bridgehead atoms. The molecular weight excluding hydrogens is 889 g/mol. The van der Waals surface area contributed by atoms with E-state index < -0.39 is 0 Å². The minimum Gasteiger partial charge on any atom is -0.396 e. The van der Waals surface area contributed by atoms with Gasteiger partial charge in [0.15, 0.2) is 0 Å². The molecule has 0 unspecified atom stereocenters. The molecule has 444 valence electrons. The predicted molar refractivity (Wildman–Crippen MR) is 334 cm³/mol. The lowest BCUT2D eigenvalue weighted by Gasteiger charge is -2.04. The van der Waals surface area contributed by atoms with Crippen LogP contribution in [-0.2, 0) is 0 Å². The molecule has 0 spiro atoms. The molecule has 0 aliphatic rings. The molecule has 0 rings (SSSR count). The van der Waals surface area contributed by atoms with Gasteiger partial charge in [0.1, 0.15) is 0 Å². The lowest BCUT2D eigenvalue weighted by molar-refractivity contribution is 0.282. The largest absolute Gasteiger partial charge is 0.396 e. The topological polar surface area (TPSA) is 60.7 Å². The van der Waals surface area contributed by atoms with Crippen molar-refractivity contribution in [2.75, 3.05) is 19.8 Å². The molecule has 0 heterocycles. The summed E-state index contributed by atoms with van der Waals surface area (Å²) in [5.41, 5.74) is 0. The normalized spacial score (nSPS) is 11.3. The Bertz CT molecular complexity index is 721. The second-order valence-corrected chi connectivity index (χ2v) is 23.7. The molecule has 3 nitrogen and oxygen atoms in total. The monoisotopic (exact) mass is 1040 g/mol. The van der Waals surface area contributed by atoms with Crippen molar-refractivity contribution in [3.8, 4) is 0 Å². The van der Waals surface area contributed by atoms with Crippen molar-refractivity contribution in [2.24, 2.45) is 0 Å². The van der Waals surface area contributed by atoms with Gasteiger partial charge in [-0.1, -0.05) is 412 Å². The summed E-state index contributed by atoms with van der Waals surface area (Å²) < 4.78 is 0. The van der Waals surface area contributed by atoms with Crippen LogP contribution in [-0.4, -0.2) is 35.1 Å². The Morgan fingerprint density at radius 2 is 0.178 bits per heavy atom. The minimum atomic E-state index is 0.374. The molecule has 0 fully saturated rings. The van der Waals surface area contributed by atoms with E-state index in [4.69, 9.17) is 15.3 Å². The molecule has 73 heavy (non-hydrogen) atoms. The van der Waals surface area contributed by atoms with Gasteiger partial charge in [0.25, 0.3) is 0 Å². The van der Waals surface area contributed by atoms with Crippen LogP contribution in [0, 0.1) is 0 Å². The second-order valence-electron chi connectivity index (χ2n) is 23.7. The number of aliphatic hydroxyl groups is 3. The standard InChI is InChI=1S/C24H50O.2C23H48O/c1-2-3-4-5-6-7-8-9-10-11-12-13-14-15-16-17-18-19-20-21-22-23-24-25;2*1-2-3-4-5-6-7-8-9-10-11-12-13-14-15-16-17-18-19-20-21-22-23-24/h25H,2-24H2,1H3;2*24H,2-23H2,1H3. The van der Waals surface area contributed by atoms with Crippen molar-refractivity contribution >= 4 is 0 Å². The Balaban J connectivity index is -0.00000101. The zero-order valence-corrected chi connectivity index (χ0v) is 51.7. The number of rotatable bonds is 64. The van der Waals surface area contributed by atoms with E-state index >= 15 is 0 Å². The molecule has 0 aliphatic carbocycles. The summed E-state index contributed by atoms with van der Waals surface area (Å²) in [5.74, 6) is 0. The van der Waals surface area contributed by atoms with Crippen molar-refractivity contribution in [1.29, 1.82) is 0 Å². The average molecular weight is 1040 g/mol. The van der Waals surface area contributed by atoms with Crippen LogP contribution < -0.4 is 0 Å². The first-order chi connectivity index (χ1) is 36.2. The summed E-state index contributed by atoms with van der Waals surface area (Å²) in [5, 5.41) is 26.2. The van der Waals surface area contributed by atoms with Crippen molar-refractivity contribution in [3.63, 3.8) is 0 Å². The smallest absolute Gasteiger partial charge is 0.0431 e. The van der Waals surface area contributed by atoms with Gasteiger partial charge >= 0.3 is 0 Å². The first-order valence-corrected chi connectivity index (χ1v) is 35.1. The highest BCUT2D eigenvalue weighted by Crippen LogP contribution is 2.19. The van der Waals surface area contributed by atoms with Crippen LogP contribution >= 0.6 is 0 Å². The van der Waals surface area contributed by atoms with Crippen molar-refractivity contribution in [2.45, 2.75) is 432 Å². The SMILES string of the molecule is CCCCCCCCCCCCCCCCCCCCCCCCO.CCCCCCCCCCCCCCCCCCCCCCCO.CCCCCCCCCCCCCCCCCCCCCCCO. The molecular formula is C70H146O3. The summed E-state index contributed by atoms with van der Waals surface area (Å²) in [6.07, 6.45) is 90.3. The molecule has 0 aromatic heterocycles. The van der Waals surface area contributed by atoms with Crippen LogP contribution in [0.4, 0.5) is 0 Å². The highest BCUT2D eigenvalue weighted by Gasteiger charge is 1.99. The van der Waals surface area contributed by atoms with E-state index in [1.165, 1.54) is 392 Å². The average Bonchev–Trinajstić information content (AvgIpc) is 3.40. The fourth-order valence-corrected chi connectivity index (χ4v) is 10.8. The van der Waals surface area contributed by atoms with E-state index in [1.807, 2.05) is 0 Å². The van der Waals surface area contributed by atoms with Crippen LogP contribution in [0.2, 0.25) is 0 Å². The van der Waals surface area contributed by atoms with Gasteiger partial charge in [0.05, 0.1) is 0 Å². The fraction of sp³-hybridized carbons (Fsp3) is 1.00. The maximum absolute atomic E-state index is 8.72. The predicted octanol–water partition coefficient (Wildman–Crippen LogP) is 25.0. The van der Waals surface area contributed by atoms with Gasteiger partial charge in [0.2, 0.25) is 0 Å². The number of unbranched alkanes of at least 4 members (excludes halogenated alkanes) is 61. The van der Waals surface area contributed by atoms with E-state index in [1.54, 1.807) is 0 Å². The van der Waals surface area contributed by atoms with Gasteiger partial charge in [-0.25, -0.2) is 0 Å². The van der Waals surface area contributed by atoms with E-state index in [0.717, 1.165) is 19.3 Å². The maximum Gasteiger partial charge on any atom is 0.0431 e. The summed E-state index contributed by atoms with van der Waals surface area (Å²) in [7, 11) is 0. The molecule has 0 saturated carbocycles. The van der Waals surface area contributed by atoms with Gasteiger partial charge in [-0.2, -0.15) is 0 Å². The Kier molecular flexibility index (Phi) is 85.3. The Labute approximate surface area is 464 Å². The van der Waals surface area contributed by atoms with Crippen LogP contribution in [0.1, 0.15) is 432 Å². The molecule has 0 aromatic carbocycles. The van der Waals surface area contributed by atoms with Crippen LogP contribution in [0.5, 0.6) is 0 Å². The first-order valence-electron chi connectivity index (χ1n) is 35.1. The van der Waals surface area contributed by atoms with Gasteiger partial charge in [-0.15, -0.1) is 0 Å². The van der Waals surface area contributed by atoms with Gasteiger partial charge in [-0.05, 0) is 19.3 Å². The molecule has 0 saturated heterocycles. The van der Waals surface area contributed by atoms with Crippen molar-refractivity contribution in [3.05, 3.63) is 0 Å². The number of aliphatic hydroxyl groups excluding tert-OH is 3. The van der Waals surface area contributed by atoms with Gasteiger partial charge in [0, 0.05) is 19.8 Å². The fourth-order valence-electron chi connectivity index (χ4n) is 10.8. The van der Waals surface area contributed by atoms with Crippen molar-refractivity contribution < 1.29 is 15.3 Å². The van der Waals surface area contributed by atoms with Crippen molar-refractivity contribution in [1.82, 2.24) is 0 Å². The third kappa shape index (κ3) is 86.0. The molecule has 3 N–H and O–H groups in total. The molecule has 0 atom stereocenters. The van der Waals surface area contributed by atoms with E-state index in [9.17, 15) is 0 Å². The summed E-state index contributed by atoms with van der Waals surface area (Å²) >= 11 is 0. The van der Waals surface area contributed by atoms with Crippen LogP contribution in [0.15, 0.2) is 0 Å². The van der Waals surface area contributed by atoms with Gasteiger partial charge < -0.3 is 15.3 Å². The maximum atomic E-state index is 8.72. The lowest BCUT2D eigenvalue weighted by atomic mass is 10.0. The number of hydrogen-bond donors (Lipinski definition) is 3. The third-order valence-electron chi connectivity index (χ3n) is 16.0. The zero-order chi connectivity index (χ0) is 53.4. The minimum absolute atomic E-state index is 0.374. The van der Waals surface area contributed by atoms with Crippen LogP contribution in [0.25, 0.3) is 0 Å². The van der Waals surface area contributed by atoms with E-state index in [0.29, 0.717) is 19.8 Å². The highest BCUT2D eigenvalue weighted by atomic mass is 16.3. The quantitative estimate of drug-likeness (QED) is 0.0532. The Morgan fingerprint density at radius 1 is 0.110 bits per heavy atom. The molecule has 0 amide bonds.